The van der Waals surface area contributed by atoms with Crippen molar-refractivity contribution >= 4 is 11.9 Å². The van der Waals surface area contributed by atoms with Gasteiger partial charge in [0.15, 0.2) is 0 Å². The standard InChI is InChI=1S/C14H20N8O3/c23-10-11-9-22(19-18-11)14-16-12(20-1-5-24-6-2-20)15-13(17-14)21-3-7-25-8-4-21/h9,23H,1-8,10H2. The van der Waals surface area contributed by atoms with Gasteiger partial charge in [0, 0.05) is 26.2 Å². The van der Waals surface area contributed by atoms with Crippen molar-refractivity contribution in [2.24, 2.45) is 0 Å². The van der Waals surface area contributed by atoms with E-state index in [-0.39, 0.29) is 6.61 Å². The minimum atomic E-state index is -0.183. The van der Waals surface area contributed by atoms with Crippen LogP contribution in [0.1, 0.15) is 5.69 Å². The summed E-state index contributed by atoms with van der Waals surface area (Å²) in [4.78, 5) is 17.9. The van der Waals surface area contributed by atoms with Crippen LogP contribution in [0.25, 0.3) is 5.95 Å². The Kier molecular flexibility index (Phi) is 4.68. The number of morpholine rings is 2. The summed E-state index contributed by atoms with van der Waals surface area (Å²) >= 11 is 0. The van der Waals surface area contributed by atoms with Crippen LogP contribution in [0, 0.1) is 0 Å². The zero-order valence-electron chi connectivity index (χ0n) is 13.8. The number of rotatable bonds is 4. The quantitative estimate of drug-likeness (QED) is 0.709. The molecule has 1 N–H and O–H groups in total. The fourth-order valence-corrected chi connectivity index (χ4v) is 2.72. The van der Waals surface area contributed by atoms with Gasteiger partial charge in [-0.3, -0.25) is 0 Å². The van der Waals surface area contributed by atoms with E-state index in [2.05, 4.69) is 35.1 Å². The number of hydrogen-bond acceptors (Lipinski definition) is 10. The van der Waals surface area contributed by atoms with Gasteiger partial charge in [0.05, 0.1) is 39.2 Å². The maximum atomic E-state index is 9.20. The summed E-state index contributed by atoms with van der Waals surface area (Å²) in [5, 5.41) is 17.1. The maximum absolute atomic E-state index is 9.20. The first-order valence-electron chi connectivity index (χ1n) is 8.27. The normalized spacial score (nSPS) is 18.6. The molecule has 2 aliphatic rings. The zero-order chi connectivity index (χ0) is 17.1. The van der Waals surface area contributed by atoms with Gasteiger partial charge in [-0.05, 0) is 0 Å². The molecule has 134 valence electrons. The molecule has 0 spiro atoms. The Morgan fingerprint density at radius 2 is 1.36 bits per heavy atom. The third kappa shape index (κ3) is 3.52. The lowest BCUT2D eigenvalue weighted by Gasteiger charge is -2.30. The zero-order valence-corrected chi connectivity index (χ0v) is 13.8. The molecule has 0 aliphatic carbocycles. The predicted molar refractivity (Wildman–Crippen MR) is 86.7 cm³/mol. The fraction of sp³-hybridized carbons (Fsp3) is 0.643. The molecule has 2 aliphatic heterocycles. The van der Waals surface area contributed by atoms with Gasteiger partial charge in [-0.2, -0.15) is 19.6 Å². The minimum absolute atomic E-state index is 0.183. The molecule has 2 fully saturated rings. The molecule has 0 atom stereocenters. The Labute approximate surface area is 144 Å². The van der Waals surface area contributed by atoms with E-state index in [0.29, 0.717) is 50.0 Å². The molecular formula is C14H20N8O3. The number of hydrogen-bond donors (Lipinski definition) is 1. The van der Waals surface area contributed by atoms with Gasteiger partial charge in [-0.1, -0.05) is 5.21 Å². The molecule has 0 unspecified atom stereocenters. The second-order valence-electron chi connectivity index (χ2n) is 5.75. The molecule has 2 saturated heterocycles. The topological polar surface area (TPSA) is 115 Å². The summed E-state index contributed by atoms with van der Waals surface area (Å²) in [5.74, 6) is 1.57. The Hall–Kier alpha value is -2.37. The van der Waals surface area contributed by atoms with Crippen LogP contribution < -0.4 is 9.80 Å². The van der Waals surface area contributed by atoms with Crippen LogP contribution in [-0.2, 0) is 16.1 Å². The summed E-state index contributed by atoms with van der Waals surface area (Å²) in [6.07, 6.45) is 1.61. The van der Waals surface area contributed by atoms with Crippen molar-refractivity contribution in [2.75, 3.05) is 62.4 Å². The minimum Gasteiger partial charge on any atom is -0.390 e. The Bertz CT molecular complexity index is 676. The Morgan fingerprint density at radius 3 is 1.84 bits per heavy atom. The van der Waals surface area contributed by atoms with Crippen molar-refractivity contribution in [3.05, 3.63) is 11.9 Å². The van der Waals surface area contributed by atoms with Gasteiger partial charge in [-0.25, -0.2) is 0 Å². The first kappa shape index (κ1) is 16.1. The van der Waals surface area contributed by atoms with Crippen molar-refractivity contribution in [1.29, 1.82) is 0 Å². The van der Waals surface area contributed by atoms with Gasteiger partial charge >= 0.3 is 0 Å². The van der Waals surface area contributed by atoms with E-state index in [4.69, 9.17) is 9.47 Å². The molecule has 4 heterocycles. The van der Waals surface area contributed by atoms with Gasteiger partial charge < -0.3 is 24.4 Å². The maximum Gasteiger partial charge on any atom is 0.258 e. The monoisotopic (exact) mass is 348 g/mol. The summed E-state index contributed by atoms with van der Waals surface area (Å²) in [7, 11) is 0. The molecule has 0 bridgehead atoms. The molecule has 0 amide bonds. The lowest BCUT2D eigenvalue weighted by molar-refractivity contribution is 0.121. The average Bonchev–Trinajstić information content (AvgIpc) is 3.18. The molecule has 2 aromatic heterocycles. The molecule has 25 heavy (non-hydrogen) atoms. The second kappa shape index (κ2) is 7.25. The highest BCUT2D eigenvalue weighted by molar-refractivity contribution is 5.42. The molecular weight excluding hydrogens is 328 g/mol. The van der Waals surface area contributed by atoms with Gasteiger partial charge in [0.2, 0.25) is 11.9 Å². The van der Waals surface area contributed by atoms with E-state index < -0.39 is 0 Å². The Balaban J connectivity index is 1.70. The number of anilines is 2. The van der Waals surface area contributed by atoms with Crippen LogP contribution in [0.4, 0.5) is 11.9 Å². The van der Waals surface area contributed by atoms with Crippen molar-refractivity contribution in [3.63, 3.8) is 0 Å². The second-order valence-corrected chi connectivity index (χ2v) is 5.75. The average molecular weight is 348 g/mol. The number of ether oxygens (including phenoxy) is 2. The van der Waals surface area contributed by atoms with Crippen molar-refractivity contribution < 1.29 is 14.6 Å². The molecule has 11 heteroatoms. The first-order chi connectivity index (χ1) is 12.3. The molecule has 11 nitrogen and oxygen atoms in total. The summed E-state index contributed by atoms with van der Waals surface area (Å²) in [6.45, 7) is 5.31. The highest BCUT2D eigenvalue weighted by Crippen LogP contribution is 2.18. The molecule has 0 radical (unpaired) electrons. The Morgan fingerprint density at radius 1 is 0.840 bits per heavy atom. The largest absolute Gasteiger partial charge is 0.390 e. The SMILES string of the molecule is OCc1cn(-c2nc(N3CCOCC3)nc(N3CCOCC3)n2)nn1. The molecule has 0 aromatic carbocycles. The van der Waals surface area contributed by atoms with E-state index in [0.717, 1.165) is 26.2 Å². The third-order valence-corrected chi connectivity index (χ3v) is 4.10. The molecule has 4 rings (SSSR count). The summed E-state index contributed by atoms with van der Waals surface area (Å²) in [5.41, 5.74) is 0.459. The third-order valence-electron chi connectivity index (χ3n) is 4.10. The summed E-state index contributed by atoms with van der Waals surface area (Å²) < 4.78 is 12.3. The number of aromatic nitrogens is 6. The lowest BCUT2D eigenvalue weighted by atomic mass is 10.4. The van der Waals surface area contributed by atoms with Gasteiger partial charge in [0.1, 0.15) is 5.69 Å². The van der Waals surface area contributed by atoms with Crippen molar-refractivity contribution in [1.82, 2.24) is 29.9 Å². The van der Waals surface area contributed by atoms with Crippen LogP contribution in [0.3, 0.4) is 0 Å². The lowest BCUT2D eigenvalue weighted by Crippen LogP contribution is -2.40. The van der Waals surface area contributed by atoms with E-state index in [1.165, 1.54) is 4.68 Å². The smallest absolute Gasteiger partial charge is 0.258 e. The van der Waals surface area contributed by atoms with Gasteiger partial charge in [-0.15, -0.1) is 5.10 Å². The highest BCUT2D eigenvalue weighted by atomic mass is 16.5. The molecule has 2 aromatic rings. The van der Waals surface area contributed by atoms with Crippen LogP contribution in [-0.4, -0.2) is 87.7 Å². The van der Waals surface area contributed by atoms with E-state index >= 15 is 0 Å². The number of aliphatic hydroxyl groups is 1. The van der Waals surface area contributed by atoms with E-state index in [9.17, 15) is 5.11 Å². The van der Waals surface area contributed by atoms with Gasteiger partial charge in [0.25, 0.3) is 5.95 Å². The van der Waals surface area contributed by atoms with Crippen LogP contribution >= 0.6 is 0 Å². The predicted octanol–water partition coefficient (Wildman–Crippen LogP) is -1.38. The van der Waals surface area contributed by atoms with Crippen LogP contribution in [0.5, 0.6) is 0 Å². The number of aliphatic hydroxyl groups excluding tert-OH is 1. The fourth-order valence-electron chi connectivity index (χ4n) is 2.72. The van der Waals surface area contributed by atoms with E-state index in [1.54, 1.807) is 6.20 Å². The van der Waals surface area contributed by atoms with Crippen molar-refractivity contribution in [2.45, 2.75) is 6.61 Å². The van der Waals surface area contributed by atoms with E-state index in [1.807, 2.05) is 0 Å². The number of nitrogens with zero attached hydrogens (tertiary/aromatic N) is 8. The first-order valence-corrected chi connectivity index (χ1v) is 8.27. The van der Waals surface area contributed by atoms with Crippen LogP contribution in [0.2, 0.25) is 0 Å². The van der Waals surface area contributed by atoms with Crippen LogP contribution in [0.15, 0.2) is 6.20 Å². The highest BCUT2D eigenvalue weighted by Gasteiger charge is 2.21. The van der Waals surface area contributed by atoms with Crippen molar-refractivity contribution in [3.8, 4) is 5.95 Å². The molecule has 0 saturated carbocycles. The summed E-state index contributed by atoms with van der Waals surface area (Å²) in [6, 6.07) is 0.